The number of hydrogen-bond donors (Lipinski definition) is 1. The second kappa shape index (κ2) is 6.76. The molecule has 1 heteroatoms. The van der Waals surface area contributed by atoms with Crippen LogP contribution < -0.4 is 5.32 Å². The van der Waals surface area contributed by atoms with Crippen LogP contribution in [0.4, 0.5) is 0 Å². The van der Waals surface area contributed by atoms with E-state index in [9.17, 15) is 0 Å². The molecule has 0 bridgehead atoms. The van der Waals surface area contributed by atoms with Crippen molar-refractivity contribution in [1.82, 2.24) is 5.32 Å². The normalized spacial score (nSPS) is 14.8. The molecule has 0 radical (unpaired) electrons. The van der Waals surface area contributed by atoms with Gasteiger partial charge in [-0.15, -0.1) is 0 Å². The van der Waals surface area contributed by atoms with Crippen LogP contribution in [-0.4, -0.2) is 12.6 Å². The first-order chi connectivity index (χ1) is 9.46. The Bertz CT molecular complexity index is 431. The number of rotatable bonds is 7. The van der Waals surface area contributed by atoms with E-state index >= 15 is 0 Å². The average Bonchev–Trinajstić information content (AvgIpc) is 2.83. The van der Waals surface area contributed by atoms with Crippen LogP contribution in [0.15, 0.2) is 18.2 Å². The number of fused-ring (bicyclic) bond motifs is 1. The van der Waals surface area contributed by atoms with Crippen molar-refractivity contribution in [3.05, 3.63) is 34.9 Å². The molecule has 0 saturated carbocycles. The lowest BCUT2D eigenvalue weighted by molar-refractivity contribution is 0.298. The van der Waals surface area contributed by atoms with Crippen molar-refractivity contribution in [3.63, 3.8) is 0 Å². The van der Waals surface area contributed by atoms with Crippen molar-refractivity contribution < 1.29 is 0 Å². The average molecular weight is 273 g/mol. The minimum Gasteiger partial charge on any atom is -0.315 e. The van der Waals surface area contributed by atoms with Gasteiger partial charge < -0.3 is 5.32 Å². The second-order valence-electron chi connectivity index (χ2n) is 7.48. The molecule has 1 aromatic rings. The molecule has 0 amide bonds. The molecule has 20 heavy (non-hydrogen) atoms. The van der Waals surface area contributed by atoms with E-state index in [1.54, 1.807) is 11.1 Å². The molecule has 2 rings (SSSR count). The Balaban J connectivity index is 1.81. The van der Waals surface area contributed by atoms with Crippen molar-refractivity contribution >= 4 is 0 Å². The molecule has 1 aliphatic rings. The van der Waals surface area contributed by atoms with Gasteiger partial charge in [0.15, 0.2) is 0 Å². The van der Waals surface area contributed by atoms with Crippen LogP contribution >= 0.6 is 0 Å². The zero-order chi connectivity index (χ0) is 14.6. The highest BCUT2D eigenvalue weighted by molar-refractivity contribution is 5.35. The Morgan fingerprint density at radius 2 is 1.85 bits per heavy atom. The number of hydrogen-bond acceptors (Lipinski definition) is 1. The topological polar surface area (TPSA) is 12.0 Å². The van der Waals surface area contributed by atoms with Crippen molar-refractivity contribution in [2.45, 2.75) is 72.3 Å². The van der Waals surface area contributed by atoms with E-state index in [1.165, 1.54) is 44.1 Å². The van der Waals surface area contributed by atoms with Gasteiger partial charge in [0.1, 0.15) is 0 Å². The van der Waals surface area contributed by atoms with Crippen LogP contribution in [0.5, 0.6) is 0 Å². The van der Waals surface area contributed by atoms with Crippen molar-refractivity contribution in [3.8, 4) is 0 Å². The van der Waals surface area contributed by atoms with Gasteiger partial charge in [-0.05, 0) is 67.2 Å². The first-order valence-electron chi connectivity index (χ1n) is 8.30. The molecule has 112 valence electrons. The smallest absolute Gasteiger partial charge is 0.00103 e. The van der Waals surface area contributed by atoms with Crippen molar-refractivity contribution in [2.24, 2.45) is 5.41 Å². The van der Waals surface area contributed by atoms with Gasteiger partial charge in [0.25, 0.3) is 0 Å². The molecule has 0 spiro atoms. The van der Waals surface area contributed by atoms with E-state index in [0.29, 0.717) is 11.5 Å². The van der Waals surface area contributed by atoms with Gasteiger partial charge >= 0.3 is 0 Å². The van der Waals surface area contributed by atoms with E-state index in [-0.39, 0.29) is 0 Å². The first-order valence-corrected chi connectivity index (χ1v) is 8.30. The van der Waals surface area contributed by atoms with Gasteiger partial charge in [0.05, 0.1) is 0 Å². The van der Waals surface area contributed by atoms with E-state index < -0.39 is 0 Å². The molecular formula is C19H31N. The van der Waals surface area contributed by atoms with Gasteiger partial charge in [0, 0.05) is 6.04 Å². The lowest BCUT2D eigenvalue weighted by atomic mass is 9.83. The first kappa shape index (κ1) is 15.6. The molecule has 0 saturated heterocycles. The molecule has 1 nitrogen and oxygen atoms in total. The predicted octanol–water partition coefficient (Wildman–Crippen LogP) is 4.52. The van der Waals surface area contributed by atoms with Gasteiger partial charge in [-0.2, -0.15) is 0 Å². The van der Waals surface area contributed by atoms with Crippen molar-refractivity contribution in [1.29, 1.82) is 0 Å². The van der Waals surface area contributed by atoms with E-state index in [2.05, 4.69) is 51.2 Å². The minimum absolute atomic E-state index is 0.431. The molecule has 0 unspecified atom stereocenters. The zero-order valence-corrected chi connectivity index (χ0v) is 13.8. The SMILES string of the molecule is CC(C)NCCC(C)(C)CCc1ccc2c(c1)CCC2. The molecule has 0 aliphatic heterocycles. The molecular weight excluding hydrogens is 242 g/mol. The third-order valence-corrected chi connectivity index (χ3v) is 4.61. The summed E-state index contributed by atoms with van der Waals surface area (Å²) in [6.45, 7) is 10.4. The summed E-state index contributed by atoms with van der Waals surface area (Å²) in [5, 5.41) is 3.53. The Hall–Kier alpha value is -0.820. The maximum atomic E-state index is 3.53. The lowest BCUT2D eigenvalue weighted by Gasteiger charge is -2.25. The highest BCUT2D eigenvalue weighted by atomic mass is 14.9. The summed E-state index contributed by atoms with van der Waals surface area (Å²) in [4.78, 5) is 0. The van der Waals surface area contributed by atoms with E-state index in [4.69, 9.17) is 0 Å². The van der Waals surface area contributed by atoms with Crippen LogP contribution in [-0.2, 0) is 19.3 Å². The maximum Gasteiger partial charge on any atom is 0.00103 e. The van der Waals surface area contributed by atoms with Crippen LogP contribution in [0.1, 0.15) is 63.6 Å². The fourth-order valence-corrected chi connectivity index (χ4v) is 3.09. The van der Waals surface area contributed by atoms with E-state index in [0.717, 1.165) is 6.54 Å². The summed E-state index contributed by atoms with van der Waals surface area (Å²) >= 11 is 0. The van der Waals surface area contributed by atoms with Gasteiger partial charge in [-0.1, -0.05) is 45.9 Å². The minimum atomic E-state index is 0.431. The summed E-state index contributed by atoms with van der Waals surface area (Å²) in [5.74, 6) is 0. The summed E-state index contributed by atoms with van der Waals surface area (Å²) in [7, 11) is 0. The maximum absolute atomic E-state index is 3.53. The third-order valence-electron chi connectivity index (χ3n) is 4.61. The highest BCUT2D eigenvalue weighted by Crippen LogP contribution is 2.28. The van der Waals surface area contributed by atoms with E-state index in [1.807, 2.05) is 0 Å². The monoisotopic (exact) mass is 273 g/mol. The summed E-state index contributed by atoms with van der Waals surface area (Å²) in [6.07, 6.45) is 7.71. The zero-order valence-electron chi connectivity index (χ0n) is 13.8. The molecule has 0 heterocycles. The van der Waals surface area contributed by atoms with Crippen LogP contribution in [0, 0.1) is 5.41 Å². The molecule has 1 aliphatic carbocycles. The number of nitrogens with one attached hydrogen (secondary N) is 1. The van der Waals surface area contributed by atoms with Crippen LogP contribution in [0.2, 0.25) is 0 Å². The number of benzene rings is 1. The Labute approximate surface area is 125 Å². The molecule has 0 atom stereocenters. The molecule has 0 aromatic heterocycles. The summed E-state index contributed by atoms with van der Waals surface area (Å²) in [6, 6.07) is 7.78. The van der Waals surface area contributed by atoms with Crippen molar-refractivity contribution in [2.75, 3.05) is 6.54 Å². The van der Waals surface area contributed by atoms with Gasteiger partial charge in [0.2, 0.25) is 0 Å². The summed E-state index contributed by atoms with van der Waals surface area (Å²) in [5.41, 5.74) is 5.17. The fraction of sp³-hybridized carbons (Fsp3) is 0.684. The van der Waals surface area contributed by atoms with Gasteiger partial charge in [-0.3, -0.25) is 0 Å². The lowest BCUT2D eigenvalue weighted by Crippen LogP contribution is -2.28. The van der Waals surface area contributed by atoms with Gasteiger partial charge in [-0.25, -0.2) is 0 Å². The Morgan fingerprint density at radius 1 is 1.10 bits per heavy atom. The summed E-state index contributed by atoms with van der Waals surface area (Å²) < 4.78 is 0. The Morgan fingerprint density at radius 3 is 2.60 bits per heavy atom. The molecule has 0 fully saturated rings. The fourth-order valence-electron chi connectivity index (χ4n) is 3.09. The quantitative estimate of drug-likeness (QED) is 0.770. The second-order valence-corrected chi connectivity index (χ2v) is 7.48. The molecule has 1 aromatic carbocycles. The highest BCUT2D eigenvalue weighted by Gasteiger charge is 2.18. The Kier molecular flexibility index (Phi) is 5.26. The predicted molar refractivity (Wildman–Crippen MR) is 88.3 cm³/mol. The largest absolute Gasteiger partial charge is 0.315 e. The number of aryl methyl sites for hydroxylation is 3. The van der Waals surface area contributed by atoms with Crippen LogP contribution in [0.25, 0.3) is 0 Å². The third kappa shape index (κ3) is 4.63. The van der Waals surface area contributed by atoms with Crippen LogP contribution in [0.3, 0.4) is 0 Å². The standard InChI is InChI=1S/C19H31N/c1-15(2)20-13-12-19(3,4)11-10-16-8-9-17-6-5-7-18(17)14-16/h8-9,14-15,20H,5-7,10-13H2,1-4H3. The molecule has 1 N–H and O–H groups in total.